The molecule has 13 atom stereocenters. The number of carbonyl (C=O) groups excluding carboxylic acids is 4. The number of benzene rings is 1. The standard InChI is InChI=1S/C49H63N5O9S/c1-11-38-49(8)42-29(4)39(50-21-22-54(42)47(59)63-49)27(2)25-48(7,20-14-16-34-18-19-37(64-34)44(57)52-33-24-32-15-12-13-17-35(32)51-26-33)43(30(5)40(55)31(6)45(58)61-38)62-46-41(56)36(53(9)10)23-28(3)60-46/h12-13,15,17-19,24,26-31,36,38,41-43,46,56H,11,20-23,25H2,1-10H3,(H,52,57)/t27-,28-,29-,30+,31-,36+,38+,41-,42?,43-,46?,48+,49-/m1/s1. The van der Waals surface area contributed by atoms with Gasteiger partial charge in [-0.25, -0.2) is 4.79 Å². The third-order valence-corrected chi connectivity index (χ3v) is 14.9. The molecular formula is C49H63N5O9S. The van der Waals surface area contributed by atoms with Crippen LogP contribution in [0.2, 0.25) is 0 Å². The molecule has 344 valence electrons. The number of pyridine rings is 1. The second kappa shape index (κ2) is 19.0. The number of thiophene rings is 1. The van der Waals surface area contributed by atoms with Crippen LogP contribution in [0.25, 0.3) is 10.9 Å². The van der Waals surface area contributed by atoms with Crippen LogP contribution >= 0.6 is 11.3 Å². The Morgan fingerprint density at radius 1 is 1.08 bits per heavy atom. The zero-order valence-corrected chi connectivity index (χ0v) is 39.4. The van der Waals surface area contributed by atoms with Gasteiger partial charge in [0.25, 0.3) is 5.91 Å². The minimum atomic E-state index is -1.21. The molecular weight excluding hydrogens is 835 g/mol. The molecule has 3 aromatic rings. The Labute approximate surface area is 380 Å². The summed E-state index contributed by atoms with van der Waals surface area (Å²) < 4.78 is 25.6. The molecule has 7 rings (SSSR count). The molecule has 0 radical (unpaired) electrons. The fourth-order valence-electron chi connectivity index (χ4n) is 10.7. The number of hydrogen-bond donors (Lipinski definition) is 2. The van der Waals surface area contributed by atoms with Gasteiger partial charge in [-0.05, 0) is 84.3 Å². The van der Waals surface area contributed by atoms with Crippen molar-refractivity contribution in [2.75, 3.05) is 32.5 Å². The Kier molecular flexibility index (Phi) is 14.0. The summed E-state index contributed by atoms with van der Waals surface area (Å²) in [5.41, 5.74) is 0.171. The highest BCUT2D eigenvalue weighted by atomic mass is 32.1. The molecule has 2 unspecified atom stereocenters. The highest BCUT2D eigenvalue weighted by Crippen LogP contribution is 2.46. The van der Waals surface area contributed by atoms with Crippen LogP contribution in [0.3, 0.4) is 0 Å². The zero-order chi connectivity index (χ0) is 46.2. The molecule has 2 bridgehead atoms. The number of Topliss-reactive ketones (excluding diaryl/α,β-unsaturated/α-hetero) is 1. The number of nitrogens with one attached hydrogen (secondary N) is 1. The molecule has 3 saturated heterocycles. The number of ether oxygens (including phenoxy) is 4. The number of fused-ring (bicyclic) bond motifs is 2. The van der Waals surface area contributed by atoms with E-state index in [2.05, 4.69) is 36.0 Å². The van der Waals surface area contributed by atoms with Gasteiger partial charge in [0.15, 0.2) is 17.7 Å². The van der Waals surface area contributed by atoms with Crippen LogP contribution in [0, 0.1) is 40.9 Å². The highest BCUT2D eigenvalue weighted by molar-refractivity contribution is 7.14. The fourth-order valence-corrected chi connectivity index (χ4v) is 11.4. The van der Waals surface area contributed by atoms with Crippen molar-refractivity contribution in [2.45, 2.75) is 129 Å². The predicted molar refractivity (Wildman–Crippen MR) is 245 cm³/mol. The molecule has 4 aliphatic rings. The summed E-state index contributed by atoms with van der Waals surface area (Å²) in [5.74, 6) is 2.71. The number of para-hydroxylation sites is 1. The topological polar surface area (TPSA) is 169 Å². The molecule has 2 N–H and O–H groups in total. The lowest BCUT2D eigenvalue weighted by Crippen LogP contribution is -2.58. The lowest BCUT2D eigenvalue weighted by molar-refractivity contribution is -0.286. The normalized spacial score (nSPS) is 34.8. The number of nitrogens with zero attached hydrogens (tertiary/aromatic N) is 4. The van der Waals surface area contributed by atoms with Gasteiger partial charge >= 0.3 is 12.1 Å². The minimum Gasteiger partial charge on any atom is -0.458 e. The van der Waals surface area contributed by atoms with Crippen molar-refractivity contribution < 1.29 is 43.2 Å². The number of likely N-dealkylation sites (N-methyl/N-ethyl adjacent to an activating group) is 1. The lowest BCUT2D eigenvalue weighted by atomic mass is 9.66. The van der Waals surface area contributed by atoms with Crippen LogP contribution in [0.5, 0.6) is 0 Å². The quantitative estimate of drug-likeness (QED) is 0.143. The fraction of sp³-hybridized carbons (Fsp3) is 0.592. The van der Waals surface area contributed by atoms with Gasteiger partial charge in [0.1, 0.15) is 18.1 Å². The average Bonchev–Trinajstić information content (AvgIpc) is 3.78. The van der Waals surface area contributed by atoms with Gasteiger partial charge in [0.2, 0.25) is 0 Å². The number of amides is 2. The summed E-state index contributed by atoms with van der Waals surface area (Å²) in [6.07, 6.45) is -1.38. The Bertz CT molecular complexity index is 2340. The maximum absolute atomic E-state index is 14.7. The Balaban J connectivity index is 1.26. The number of rotatable bonds is 7. The van der Waals surface area contributed by atoms with E-state index in [1.165, 1.54) is 11.3 Å². The Hall–Kier alpha value is -4.72. The zero-order valence-electron chi connectivity index (χ0n) is 38.6. The number of anilines is 1. The van der Waals surface area contributed by atoms with E-state index in [1.54, 1.807) is 31.0 Å². The van der Waals surface area contributed by atoms with Crippen molar-refractivity contribution >= 4 is 57.4 Å². The summed E-state index contributed by atoms with van der Waals surface area (Å²) in [6, 6.07) is 12.4. The van der Waals surface area contributed by atoms with Crippen molar-refractivity contribution in [1.82, 2.24) is 14.8 Å². The third kappa shape index (κ3) is 9.35. The van der Waals surface area contributed by atoms with E-state index in [4.69, 9.17) is 23.9 Å². The number of aliphatic hydroxyl groups is 1. The second-order valence-electron chi connectivity index (χ2n) is 18.9. The van der Waals surface area contributed by atoms with Gasteiger partial charge in [-0.3, -0.25) is 29.3 Å². The lowest BCUT2D eigenvalue weighted by Gasteiger charge is -2.47. The van der Waals surface area contributed by atoms with Crippen molar-refractivity contribution in [3.63, 3.8) is 0 Å². The van der Waals surface area contributed by atoms with Gasteiger partial charge in [-0.2, -0.15) is 0 Å². The smallest absolute Gasteiger partial charge is 0.410 e. The van der Waals surface area contributed by atoms with Gasteiger partial charge in [0.05, 0.1) is 51.9 Å². The Morgan fingerprint density at radius 3 is 2.56 bits per heavy atom. The van der Waals surface area contributed by atoms with Gasteiger partial charge < -0.3 is 34.3 Å². The predicted octanol–water partition coefficient (Wildman–Crippen LogP) is 6.98. The van der Waals surface area contributed by atoms with Gasteiger partial charge in [-0.15, -0.1) is 11.3 Å². The number of aromatic nitrogens is 1. The molecule has 0 saturated carbocycles. The largest absolute Gasteiger partial charge is 0.458 e. The number of hydrogen-bond acceptors (Lipinski definition) is 13. The maximum atomic E-state index is 14.7. The van der Waals surface area contributed by atoms with Crippen molar-refractivity contribution in [2.24, 2.45) is 34.1 Å². The maximum Gasteiger partial charge on any atom is 0.410 e. The molecule has 4 aliphatic heterocycles. The van der Waals surface area contributed by atoms with Crippen LogP contribution < -0.4 is 5.32 Å². The molecule has 14 nitrogen and oxygen atoms in total. The minimum absolute atomic E-state index is 0.203. The van der Waals surface area contributed by atoms with Crippen LogP contribution in [0.1, 0.15) is 95.6 Å². The Morgan fingerprint density at radius 2 is 1.83 bits per heavy atom. The van der Waals surface area contributed by atoms with E-state index in [0.717, 1.165) is 16.6 Å². The van der Waals surface area contributed by atoms with Gasteiger partial charge in [-0.1, -0.05) is 64.7 Å². The number of carbonyl (C=O) groups is 4. The van der Waals surface area contributed by atoms with E-state index in [0.29, 0.717) is 47.8 Å². The first-order chi connectivity index (χ1) is 30.3. The number of esters is 1. The van der Waals surface area contributed by atoms with Crippen LogP contribution in [0.4, 0.5) is 10.5 Å². The molecule has 3 fully saturated rings. The molecule has 2 aromatic heterocycles. The van der Waals surface area contributed by atoms with Gasteiger partial charge in [0, 0.05) is 47.4 Å². The summed E-state index contributed by atoms with van der Waals surface area (Å²) in [4.78, 5) is 70.2. The monoisotopic (exact) mass is 897 g/mol. The molecule has 1 aromatic carbocycles. The van der Waals surface area contributed by atoms with Crippen LogP contribution in [-0.4, -0.2) is 125 Å². The summed E-state index contributed by atoms with van der Waals surface area (Å²) >= 11 is 1.27. The first-order valence-electron chi connectivity index (χ1n) is 22.5. The highest BCUT2D eigenvalue weighted by Gasteiger charge is 2.60. The van der Waals surface area contributed by atoms with Crippen molar-refractivity contribution in [3.05, 3.63) is 58.4 Å². The van der Waals surface area contributed by atoms with E-state index >= 15 is 0 Å². The summed E-state index contributed by atoms with van der Waals surface area (Å²) in [7, 11) is 3.80. The van der Waals surface area contributed by atoms with E-state index in [9.17, 15) is 24.3 Å². The average molecular weight is 898 g/mol. The van der Waals surface area contributed by atoms with Crippen LogP contribution in [-0.2, 0) is 28.5 Å². The molecule has 6 heterocycles. The van der Waals surface area contributed by atoms with E-state index < -0.39 is 71.3 Å². The van der Waals surface area contributed by atoms with E-state index in [-0.39, 0.29) is 36.3 Å². The number of cyclic esters (lactones) is 1. The molecule has 0 spiro atoms. The molecule has 64 heavy (non-hydrogen) atoms. The van der Waals surface area contributed by atoms with E-state index in [1.807, 2.05) is 83.1 Å². The van der Waals surface area contributed by atoms with Crippen LogP contribution in [0.15, 0.2) is 53.7 Å². The summed E-state index contributed by atoms with van der Waals surface area (Å²) in [6.45, 7) is 15.8. The first-order valence-corrected chi connectivity index (χ1v) is 23.3. The second-order valence-corrected chi connectivity index (χ2v) is 20.0. The number of aliphatic hydroxyl groups excluding tert-OH is 1. The first kappa shape index (κ1) is 47.2. The SMILES string of the molecule is CC[C@@H]1OC(=O)[C@H](C)C(=O)[C@H](C)[C@@H](OC2O[C@H](C)C[C@H](N(C)C)[C@H]2O)[C@@](C)(CC#Cc2ccc(C(=O)Nc3cnc4ccccc4c3)s2)C[C@@H](C)C2=NCCN3C(=O)O[C@@]1(C)C3[C@@H]2C. The number of ketones is 1. The molecule has 0 aliphatic carbocycles. The number of aliphatic imine (C=N–C) groups is 1. The van der Waals surface area contributed by atoms with Crippen molar-refractivity contribution in [3.8, 4) is 11.8 Å². The molecule has 15 heteroatoms. The third-order valence-electron chi connectivity index (χ3n) is 13.9. The molecule has 2 amide bonds. The van der Waals surface area contributed by atoms with Crippen molar-refractivity contribution in [1.29, 1.82) is 0 Å². The summed E-state index contributed by atoms with van der Waals surface area (Å²) in [5, 5.41) is 15.6.